The van der Waals surface area contributed by atoms with Gasteiger partial charge in [-0.1, -0.05) is 15.9 Å². The van der Waals surface area contributed by atoms with E-state index in [0.717, 1.165) is 0 Å². The minimum Gasteiger partial charge on any atom is -0.477 e. The van der Waals surface area contributed by atoms with Crippen LogP contribution in [-0.4, -0.2) is 20.6 Å². The standard InChI is InChI=1S/C12H10BrFN2O2/c1-6-15-10(11(12(17)18)16(6)2)8-5-7(13)3-4-9(8)14/h3-5H,1-2H3,(H,17,18). The highest BCUT2D eigenvalue weighted by Crippen LogP contribution is 2.28. The minimum atomic E-state index is -1.13. The third kappa shape index (κ3) is 2.03. The van der Waals surface area contributed by atoms with Crippen molar-refractivity contribution in [2.45, 2.75) is 6.92 Å². The average Bonchev–Trinajstić information content (AvgIpc) is 2.59. The molecule has 0 aliphatic heterocycles. The van der Waals surface area contributed by atoms with Gasteiger partial charge in [0.05, 0.1) is 0 Å². The first kappa shape index (κ1) is 12.8. The fourth-order valence-electron chi connectivity index (χ4n) is 1.72. The van der Waals surface area contributed by atoms with E-state index in [2.05, 4.69) is 20.9 Å². The molecule has 94 valence electrons. The van der Waals surface area contributed by atoms with Crippen LogP contribution in [-0.2, 0) is 7.05 Å². The third-order valence-corrected chi connectivity index (χ3v) is 3.20. The summed E-state index contributed by atoms with van der Waals surface area (Å²) in [5.74, 6) is -1.12. The van der Waals surface area contributed by atoms with E-state index in [1.54, 1.807) is 20.0 Å². The van der Waals surface area contributed by atoms with Gasteiger partial charge >= 0.3 is 5.97 Å². The van der Waals surface area contributed by atoms with Crippen LogP contribution in [0.1, 0.15) is 16.3 Å². The summed E-state index contributed by atoms with van der Waals surface area (Å²) < 4.78 is 15.9. The van der Waals surface area contributed by atoms with Crippen molar-refractivity contribution in [2.75, 3.05) is 0 Å². The maximum Gasteiger partial charge on any atom is 0.354 e. The number of rotatable bonds is 2. The molecular weight excluding hydrogens is 303 g/mol. The first-order valence-electron chi connectivity index (χ1n) is 5.14. The van der Waals surface area contributed by atoms with Crippen molar-refractivity contribution >= 4 is 21.9 Å². The van der Waals surface area contributed by atoms with Gasteiger partial charge < -0.3 is 9.67 Å². The first-order valence-corrected chi connectivity index (χ1v) is 5.93. The number of hydrogen-bond donors (Lipinski definition) is 1. The van der Waals surface area contributed by atoms with Crippen LogP contribution in [0, 0.1) is 12.7 Å². The van der Waals surface area contributed by atoms with Crippen molar-refractivity contribution in [3.8, 4) is 11.3 Å². The van der Waals surface area contributed by atoms with Crippen LogP contribution in [0.4, 0.5) is 4.39 Å². The Morgan fingerprint density at radius 1 is 1.50 bits per heavy atom. The molecule has 1 aromatic carbocycles. The lowest BCUT2D eigenvalue weighted by atomic mass is 10.1. The molecular formula is C12H10BrFN2O2. The van der Waals surface area contributed by atoms with E-state index in [1.807, 2.05) is 0 Å². The van der Waals surface area contributed by atoms with Crippen molar-refractivity contribution in [1.29, 1.82) is 0 Å². The van der Waals surface area contributed by atoms with E-state index in [4.69, 9.17) is 0 Å². The van der Waals surface area contributed by atoms with Crippen LogP contribution in [0.25, 0.3) is 11.3 Å². The molecule has 0 saturated carbocycles. The Balaban J connectivity index is 2.75. The minimum absolute atomic E-state index is 0.0236. The van der Waals surface area contributed by atoms with Crippen molar-refractivity contribution in [2.24, 2.45) is 7.05 Å². The summed E-state index contributed by atoms with van der Waals surface area (Å²) in [6.07, 6.45) is 0. The Morgan fingerprint density at radius 3 is 2.78 bits per heavy atom. The zero-order valence-electron chi connectivity index (χ0n) is 9.74. The predicted molar refractivity (Wildman–Crippen MR) is 68.0 cm³/mol. The molecule has 1 N–H and O–H groups in total. The van der Waals surface area contributed by atoms with E-state index in [9.17, 15) is 14.3 Å². The highest BCUT2D eigenvalue weighted by atomic mass is 79.9. The number of aromatic carboxylic acids is 1. The number of carbonyl (C=O) groups is 1. The topological polar surface area (TPSA) is 55.1 Å². The van der Waals surface area contributed by atoms with Crippen LogP contribution in [0.15, 0.2) is 22.7 Å². The fourth-order valence-corrected chi connectivity index (χ4v) is 2.08. The maximum absolute atomic E-state index is 13.8. The zero-order valence-corrected chi connectivity index (χ0v) is 11.3. The first-order chi connectivity index (χ1) is 8.41. The molecule has 18 heavy (non-hydrogen) atoms. The Morgan fingerprint density at radius 2 is 2.17 bits per heavy atom. The van der Waals surface area contributed by atoms with Gasteiger partial charge in [0, 0.05) is 17.1 Å². The number of benzene rings is 1. The van der Waals surface area contributed by atoms with Gasteiger partial charge in [0.2, 0.25) is 0 Å². The lowest BCUT2D eigenvalue weighted by Gasteiger charge is -2.03. The normalized spacial score (nSPS) is 10.7. The SMILES string of the molecule is Cc1nc(-c2cc(Br)ccc2F)c(C(=O)O)n1C. The van der Waals surface area contributed by atoms with E-state index >= 15 is 0 Å². The van der Waals surface area contributed by atoms with Crippen LogP contribution < -0.4 is 0 Å². The largest absolute Gasteiger partial charge is 0.477 e. The number of carboxylic acid groups (broad SMARTS) is 1. The molecule has 4 nitrogen and oxygen atoms in total. The fraction of sp³-hybridized carbons (Fsp3) is 0.167. The van der Waals surface area contributed by atoms with E-state index in [0.29, 0.717) is 10.3 Å². The molecule has 0 unspecified atom stereocenters. The van der Waals surface area contributed by atoms with Gasteiger partial charge in [0.25, 0.3) is 0 Å². The molecule has 0 saturated heterocycles. The maximum atomic E-state index is 13.8. The highest BCUT2D eigenvalue weighted by molar-refractivity contribution is 9.10. The Hall–Kier alpha value is -1.69. The summed E-state index contributed by atoms with van der Waals surface area (Å²) >= 11 is 3.23. The van der Waals surface area contributed by atoms with Gasteiger partial charge in [-0.2, -0.15) is 0 Å². The molecule has 0 fully saturated rings. The number of aryl methyl sites for hydroxylation is 1. The summed E-state index contributed by atoms with van der Waals surface area (Å²) in [6.45, 7) is 1.67. The quantitative estimate of drug-likeness (QED) is 0.927. The third-order valence-electron chi connectivity index (χ3n) is 2.70. The predicted octanol–water partition coefficient (Wildman–Crippen LogP) is 3.00. The second kappa shape index (κ2) is 4.53. The number of aromatic nitrogens is 2. The lowest BCUT2D eigenvalue weighted by Crippen LogP contribution is -2.07. The molecule has 0 aliphatic rings. The summed E-state index contributed by atoms with van der Waals surface area (Å²) in [4.78, 5) is 15.4. The van der Waals surface area contributed by atoms with Gasteiger partial charge in [0.1, 0.15) is 17.3 Å². The van der Waals surface area contributed by atoms with Gasteiger partial charge in [-0.15, -0.1) is 0 Å². The smallest absolute Gasteiger partial charge is 0.354 e. The Labute approximate surface area is 111 Å². The summed E-state index contributed by atoms with van der Waals surface area (Å²) in [6, 6.07) is 4.34. The monoisotopic (exact) mass is 312 g/mol. The molecule has 0 atom stereocenters. The van der Waals surface area contributed by atoms with Crippen LogP contribution in [0.3, 0.4) is 0 Å². The van der Waals surface area contributed by atoms with Crippen molar-refractivity contribution in [1.82, 2.24) is 9.55 Å². The van der Waals surface area contributed by atoms with Crippen molar-refractivity contribution < 1.29 is 14.3 Å². The van der Waals surface area contributed by atoms with Crippen LogP contribution >= 0.6 is 15.9 Å². The zero-order chi connectivity index (χ0) is 13.4. The molecule has 1 heterocycles. The Bertz CT molecular complexity index is 637. The van der Waals surface area contributed by atoms with Gasteiger partial charge in [0.15, 0.2) is 5.69 Å². The van der Waals surface area contributed by atoms with Gasteiger partial charge in [-0.3, -0.25) is 0 Å². The number of carboxylic acids is 1. The molecule has 2 aromatic rings. The number of imidazole rings is 1. The number of nitrogens with zero attached hydrogens (tertiary/aromatic N) is 2. The molecule has 2 rings (SSSR count). The second-order valence-corrected chi connectivity index (χ2v) is 4.76. The molecule has 0 aliphatic carbocycles. The summed E-state index contributed by atoms with van der Waals surface area (Å²) in [7, 11) is 1.59. The van der Waals surface area contributed by atoms with E-state index in [-0.39, 0.29) is 17.0 Å². The number of hydrogen-bond acceptors (Lipinski definition) is 2. The van der Waals surface area contributed by atoms with Crippen LogP contribution in [0.5, 0.6) is 0 Å². The molecule has 0 spiro atoms. The van der Waals surface area contributed by atoms with Crippen molar-refractivity contribution in [3.63, 3.8) is 0 Å². The molecule has 0 bridgehead atoms. The lowest BCUT2D eigenvalue weighted by molar-refractivity contribution is 0.0687. The molecule has 0 radical (unpaired) electrons. The van der Waals surface area contributed by atoms with Gasteiger partial charge in [-0.25, -0.2) is 14.2 Å². The van der Waals surface area contributed by atoms with E-state index in [1.165, 1.54) is 16.7 Å². The molecule has 1 aromatic heterocycles. The summed E-state index contributed by atoms with van der Waals surface area (Å²) in [5, 5.41) is 9.19. The van der Waals surface area contributed by atoms with Crippen molar-refractivity contribution in [3.05, 3.63) is 40.0 Å². The number of halogens is 2. The molecule has 6 heteroatoms. The van der Waals surface area contributed by atoms with Gasteiger partial charge in [-0.05, 0) is 25.1 Å². The molecule has 0 amide bonds. The second-order valence-electron chi connectivity index (χ2n) is 3.84. The Kier molecular flexibility index (Phi) is 3.21. The highest BCUT2D eigenvalue weighted by Gasteiger charge is 2.22. The summed E-state index contributed by atoms with van der Waals surface area (Å²) in [5.41, 5.74) is 0.288. The van der Waals surface area contributed by atoms with Crippen LogP contribution in [0.2, 0.25) is 0 Å². The average molecular weight is 313 g/mol. The van der Waals surface area contributed by atoms with E-state index < -0.39 is 11.8 Å².